The number of rotatable bonds is 7. The van der Waals surface area contributed by atoms with Gasteiger partial charge in [-0.15, -0.1) is 24.0 Å². The summed E-state index contributed by atoms with van der Waals surface area (Å²) in [5.41, 5.74) is 2.53. The van der Waals surface area contributed by atoms with E-state index in [4.69, 9.17) is 14.5 Å². The lowest BCUT2D eigenvalue weighted by Gasteiger charge is -2.30. The summed E-state index contributed by atoms with van der Waals surface area (Å²) in [5, 5.41) is 6.81. The van der Waals surface area contributed by atoms with Gasteiger partial charge in [0.15, 0.2) is 5.96 Å². The monoisotopic (exact) mass is 503 g/mol. The SMILES string of the molecule is CCNC(=NCc1ccccc1N1CCOCC1)NCCN1CCOCC1.I. The number of benzene rings is 1. The van der Waals surface area contributed by atoms with Crippen molar-refractivity contribution in [2.24, 2.45) is 4.99 Å². The van der Waals surface area contributed by atoms with E-state index in [-0.39, 0.29) is 24.0 Å². The lowest BCUT2D eigenvalue weighted by Crippen LogP contribution is -2.44. The van der Waals surface area contributed by atoms with Crippen LogP contribution < -0.4 is 15.5 Å². The molecule has 0 amide bonds. The molecule has 2 heterocycles. The Morgan fingerprint density at radius 3 is 2.39 bits per heavy atom. The second kappa shape index (κ2) is 13.2. The zero-order chi connectivity index (χ0) is 18.7. The Labute approximate surface area is 185 Å². The lowest BCUT2D eigenvalue weighted by molar-refractivity contribution is 0.0389. The minimum Gasteiger partial charge on any atom is -0.379 e. The fraction of sp³-hybridized carbons (Fsp3) is 0.650. The van der Waals surface area contributed by atoms with Gasteiger partial charge in [-0.1, -0.05) is 18.2 Å². The van der Waals surface area contributed by atoms with Crippen LogP contribution in [-0.4, -0.2) is 83.1 Å². The van der Waals surface area contributed by atoms with Crippen LogP contribution in [0.5, 0.6) is 0 Å². The number of ether oxygens (including phenoxy) is 2. The fourth-order valence-corrected chi connectivity index (χ4v) is 3.42. The van der Waals surface area contributed by atoms with E-state index in [1.165, 1.54) is 11.3 Å². The van der Waals surface area contributed by atoms with Crippen molar-refractivity contribution < 1.29 is 9.47 Å². The third-order valence-electron chi connectivity index (χ3n) is 4.92. The molecule has 1 aromatic rings. The molecule has 7 nitrogen and oxygen atoms in total. The van der Waals surface area contributed by atoms with Crippen molar-refractivity contribution in [1.29, 1.82) is 0 Å². The molecule has 2 aliphatic heterocycles. The maximum absolute atomic E-state index is 5.48. The van der Waals surface area contributed by atoms with Crippen molar-refractivity contribution in [2.45, 2.75) is 13.5 Å². The van der Waals surface area contributed by atoms with Gasteiger partial charge >= 0.3 is 0 Å². The molecule has 0 spiro atoms. The van der Waals surface area contributed by atoms with Gasteiger partial charge in [-0.3, -0.25) is 4.90 Å². The minimum atomic E-state index is 0. The van der Waals surface area contributed by atoms with Gasteiger partial charge in [0.25, 0.3) is 0 Å². The number of aliphatic imine (C=N–C) groups is 1. The second-order valence-electron chi connectivity index (χ2n) is 6.80. The van der Waals surface area contributed by atoms with Gasteiger partial charge in [-0.25, -0.2) is 4.99 Å². The smallest absolute Gasteiger partial charge is 0.191 e. The van der Waals surface area contributed by atoms with E-state index >= 15 is 0 Å². The van der Waals surface area contributed by atoms with Crippen LogP contribution in [0.3, 0.4) is 0 Å². The molecule has 28 heavy (non-hydrogen) atoms. The molecular formula is C20H34IN5O2. The highest BCUT2D eigenvalue weighted by Crippen LogP contribution is 2.22. The number of guanidine groups is 1. The van der Waals surface area contributed by atoms with Gasteiger partial charge in [-0.05, 0) is 18.6 Å². The molecule has 0 saturated carbocycles. The molecule has 0 atom stereocenters. The molecule has 2 N–H and O–H groups in total. The second-order valence-corrected chi connectivity index (χ2v) is 6.80. The summed E-state index contributed by atoms with van der Waals surface area (Å²) in [4.78, 5) is 9.64. The van der Waals surface area contributed by atoms with Crippen molar-refractivity contribution in [3.63, 3.8) is 0 Å². The Morgan fingerprint density at radius 2 is 1.68 bits per heavy atom. The predicted octanol–water partition coefficient (Wildman–Crippen LogP) is 1.53. The number of nitrogens with one attached hydrogen (secondary N) is 2. The van der Waals surface area contributed by atoms with E-state index in [1.54, 1.807) is 0 Å². The molecule has 0 radical (unpaired) electrons. The van der Waals surface area contributed by atoms with E-state index in [2.05, 4.69) is 51.6 Å². The van der Waals surface area contributed by atoms with E-state index in [9.17, 15) is 0 Å². The first-order chi connectivity index (χ1) is 13.4. The van der Waals surface area contributed by atoms with Crippen LogP contribution in [0.25, 0.3) is 0 Å². The molecule has 2 aliphatic rings. The predicted molar refractivity (Wildman–Crippen MR) is 125 cm³/mol. The van der Waals surface area contributed by atoms with Gasteiger partial charge in [0.2, 0.25) is 0 Å². The summed E-state index contributed by atoms with van der Waals surface area (Å²) >= 11 is 0. The van der Waals surface area contributed by atoms with Crippen LogP contribution >= 0.6 is 24.0 Å². The quantitative estimate of drug-likeness (QED) is 0.335. The third kappa shape index (κ3) is 7.38. The Hall–Kier alpha value is -1.10. The van der Waals surface area contributed by atoms with E-state index < -0.39 is 0 Å². The Bertz CT molecular complexity index is 590. The fourth-order valence-electron chi connectivity index (χ4n) is 3.42. The summed E-state index contributed by atoms with van der Waals surface area (Å²) < 4.78 is 10.9. The molecule has 0 unspecified atom stereocenters. The zero-order valence-electron chi connectivity index (χ0n) is 16.9. The first kappa shape index (κ1) is 23.2. The number of para-hydroxylation sites is 1. The number of hydrogen-bond donors (Lipinski definition) is 2. The van der Waals surface area contributed by atoms with Crippen LogP contribution in [0.2, 0.25) is 0 Å². The average Bonchev–Trinajstić information content (AvgIpc) is 2.74. The lowest BCUT2D eigenvalue weighted by atomic mass is 10.1. The number of nitrogens with zero attached hydrogens (tertiary/aromatic N) is 3. The van der Waals surface area contributed by atoms with Crippen LogP contribution in [0.4, 0.5) is 5.69 Å². The normalized spacial score (nSPS) is 18.5. The average molecular weight is 503 g/mol. The summed E-state index contributed by atoms with van der Waals surface area (Å²) in [5.74, 6) is 0.877. The topological polar surface area (TPSA) is 61.4 Å². The molecule has 2 fully saturated rings. The van der Waals surface area contributed by atoms with Gasteiger partial charge < -0.3 is 25.0 Å². The molecule has 0 aliphatic carbocycles. The maximum Gasteiger partial charge on any atom is 0.191 e. The standard InChI is InChI=1S/C20H33N5O2.HI/c1-2-21-20(22-7-8-24-9-13-26-14-10-24)23-17-18-5-3-4-6-19(18)25-11-15-27-16-12-25;/h3-6H,2,7-17H2,1H3,(H2,21,22,23);1H. The van der Waals surface area contributed by atoms with Crippen molar-refractivity contribution in [1.82, 2.24) is 15.5 Å². The maximum atomic E-state index is 5.48. The third-order valence-corrected chi connectivity index (χ3v) is 4.92. The van der Waals surface area contributed by atoms with Gasteiger partial charge in [0.1, 0.15) is 0 Å². The summed E-state index contributed by atoms with van der Waals surface area (Å²) in [6.07, 6.45) is 0. The largest absolute Gasteiger partial charge is 0.379 e. The molecule has 8 heteroatoms. The first-order valence-corrected chi connectivity index (χ1v) is 10.1. The van der Waals surface area contributed by atoms with E-state index in [0.29, 0.717) is 6.54 Å². The van der Waals surface area contributed by atoms with Gasteiger partial charge in [0.05, 0.1) is 33.0 Å². The van der Waals surface area contributed by atoms with Crippen molar-refractivity contribution >= 4 is 35.6 Å². The Kier molecular flexibility index (Phi) is 10.9. The van der Waals surface area contributed by atoms with Crippen molar-refractivity contribution in [3.05, 3.63) is 29.8 Å². The van der Waals surface area contributed by atoms with Gasteiger partial charge in [-0.2, -0.15) is 0 Å². The molecular weight excluding hydrogens is 469 g/mol. The molecule has 1 aromatic carbocycles. The Balaban J connectivity index is 0.00000280. The molecule has 0 bridgehead atoms. The number of anilines is 1. The Morgan fingerprint density at radius 1 is 1.00 bits per heavy atom. The number of halogens is 1. The van der Waals surface area contributed by atoms with Gasteiger partial charge in [0, 0.05) is 51.5 Å². The molecule has 2 saturated heterocycles. The minimum absolute atomic E-state index is 0. The van der Waals surface area contributed by atoms with Crippen molar-refractivity contribution in [2.75, 3.05) is 77.1 Å². The summed E-state index contributed by atoms with van der Waals surface area (Å²) in [6.45, 7) is 12.7. The van der Waals surface area contributed by atoms with Crippen molar-refractivity contribution in [3.8, 4) is 0 Å². The zero-order valence-corrected chi connectivity index (χ0v) is 19.2. The molecule has 0 aromatic heterocycles. The molecule has 158 valence electrons. The first-order valence-electron chi connectivity index (χ1n) is 10.1. The summed E-state index contributed by atoms with van der Waals surface area (Å²) in [6, 6.07) is 8.55. The van der Waals surface area contributed by atoms with Crippen LogP contribution in [-0.2, 0) is 16.0 Å². The molecule has 3 rings (SSSR count). The highest BCUT2D eigenvalue weighted by molar-refractivity contribution is 14.0. The number of hydrogen-bond acceptors (Lipinski definition) is 5. The highest BCUT2D eigenvalue weighted by Gasteiger charge is 2.14. The van der Waals surface area contributed by atoms with Crippen LogP contribution in [0.15, 0.2) is 29.3 Å². The van der Waals surface area contributed by atoms with Crippen LogP contribution in [0, 0.1) is 0 Å². The van der Waals surface area contributed by atoms with E-state index in [0.717, 1.165) is 78.2 Å². The summed E-state index contributed by atoms with van der Waals surface area (Å²) in [7, 11) is 0. The highest BCUT2D eigenvalue weighted by atomic mass is 127. The van der Waals surface area contributed by atoms with Crippen LogP contribution in [0.1, 0.15) is 12.5 Å². The van der Waals surface area contributed by atoms with E-state index in [1.807, 2.05) is 0 Å². The number of morpholine rings is 2.